The largest absolute Gasteiger partial charge is 0.508 e. The van der Waals surface area contributed by atoms with Crippen molar-refractivity contribution in [1.82, 2.24) is 4.90 Å². The molecule has 0 radical (unpaired) electrons. The SMILES string of the molecule is CC1=CC(C(=O)N2CCOCC2)CC=C1O. The lowest BCUT2D eigenvalue weighted by Crippen LogP contribution is -2.43. The zero-order valence-electron chi connectivity index (χ0n) is 9.48. The van der Waals surface area contributed by atoms with Crippen LogP contribution in [-0.4, -0.2) is 42.2 Å². The lowest BCUT2D eigenvalue weighted by Gasteiger charge is -2.30. The van der Waals surface area contributed by atoms with Crippen molar-refractivity contribution >= 4 is 5.91 Å². The molecule has 4 nitrogen and oxygen atoms in total. The van der Waals surface area contributed by atoms with Crippen molar-refractivity contribution in [2.75, 3.05) is 26.3 Å². The Kier molecular flexibility index (Phi) is 3.29. The smallest absolute Gasteiger partial charge is 0.229 e. The first-order chi connectivity index (χ1) is 7.68. The van der Waals surface area contributed by atoms with Gasteiger partial charge in [0, 0.05) is 13.1 Å². The molecule has 0 saturated carbocycles. The predicted octanol–water partition coefficient (Wildman–Crippen LogP) is 1.25. The number of carbonyl (C=O) groups is 1. The van der Waals surface area contributed by atoms with Crippen LogP contribution in [0.2, 0.25) is 0 Å². The van der Waals surface area contributed by atoms with Crippen LogP contribution < -0.4 is 0 Å². The van der Waals surface area contributed by atoms with Gasteiger partial charge in [-0.3, -0.25) is 4.79 Å². The van der Waals surface area contributed by atoms with Crippen molar-refractivity contribution in [2.45, 2.75) is 13.3 Å². The molecule has 0 aromatic rings. The predicted molar refractivity (Wildman–Crippen MR) is 60.0 cm³/mol. The van der Waals surface area contributed by atoms with Crippen LogP contribution in [0, 0.1) is 5.92 Å². The first-order valence-corrected chi connectivity index (χ1v) is 5.63. The molecular weight excluding hydrogens is 206 g/mol. The second-order valence-electron chi connectivity index (χ2n) is 4.22. The first-order valence-electron chi connectivity index (χ1n) is 5.63. The number of nitrogens with zero attached hydrogens (tertiary/aromatic N) is 1. The lowest BCUT2D eigenvalue weighted by molar-refractivity contribution is -0.138. The average molecular weight is 223 g/mol. The van der Waals surface area contributed by atoms with Crippen molar-refractivity contribution in [1.29, 1.82) is 0 Å². The highest BCUT2D eigenvalue weighted by atomic mass is 16.5. The topological polar surface area (TPSA) is 49.8 Å². The second kappa shape index (κ2) is 4.70. The van der Waals surface area contributed by atoms with Crippen LogP contribution in [0.5, 0.6) is 0 Å². The highest BCUT2D eigenvalue weighted by Crippen LogP contribution is 2.22. The average Bonchev–Trinajstić information content (AvgIpc) is 2.33. The van der Waals surface area contributed by atoms with E-state index in [9.17, 15) is 9.90 Å². The standard InChI is InChI=1S/C12H17NO3/c1-9-8-10(2-3-11(9)14)12(15)13-4-6-16-7-5-13/h3,8,10,14H,2,4-7H2,1H3. The third kappa shape index (κ3) is 2.27. The Morgan fingerprint density at radius 2 is 2.19 bits per heavy atom. The molecule has 0 spiro atoms. The number of allylic oxidation sites excluding steroid dienone is 2. The van der Waals surface area contributed by atoms with E-state index < -0.39 is 0 Å². The monoisotopic (exact) mass is 223 g/mol. The van der Waals surface area contributed by atoms with Gasteiger partial charge in [0.1, 0.15) is 5.76 Å². The molecule has 1 aliphatic heterocycles. The maximum Gasteiger partial charge on any atom is 0.229 e. The van der Waals surface area contributed by atoms with E-state index in [1.165, 1.54) is 0 Å². The number of rotatable bonds is 1. The van der Waals surface area contributed by atoms with Crippen molar-refractivity contribution in [3.05, 3.63) is 23.5 Å². The number of amides is 1. The zero-order chi connectivity index (χ0) is 11.5. The fraction of sp³-hybridized carbons (Fsp3) is 0.583. The molecule has 2 rings (SSSR count). The number of ether oxygens (including phenoxy) is 1. The summed E-state index contributed by atoms with van der Waals surface area (Å²) in [5.74, 6) is 0.325. The molecule has 16 heavy (non-hydrogen) atoms. The van der Waals surface area contributed by atoms with Gasteiger partial charge in [-0.2, -0.15) is 0 Å². The second-order valence-corrected chi connectivity index (χ2v) is 4.22. The van der Waals surface area contributed by atoms with Gasteiger partial charge in [0.05, 0.1) is 19.1 Å². The molecule has 1 amide bonds. The van der Waals surface area contributed by atoms with Crippen LogP contribution >= 0.6 is 0 Å². The summed E-state index contributed by atoms with van der Waals surface area (Å²) >= 11 is 0. The molecule has 2 aliphatic rings. The fourth-order valence-electron chi connectivity index (χ4n) is 2.05. The minimum Gasteiger partial charge on any atom is -0.508 e. The third-order valence-corrected chi connectivity index (χ3v) is 3.06. The Balaban J connectivity index is 2.00. The number of carbonyl (C=O) groups excluding carboxylic acids is 1. The van der Waals surface area contributed by atoms with E-state index in [1.807, 2.05) is 17.9 Å². The fourth-order valence-corrected chi connectivity index (χ4v) is 2.05. The minimum absolute atomic E-state index is 0.117. The van der Waals surface area contributed by atoms with E-state index in [0.717, 1.165) is 5.57 Å². The Labute approximate surface area is 95.2 Å². The Morgan fingerprint density at radius 3 is 2.81 bits per heavy atom. The van der Waals surface area contributed by atoms with Crippen molar-refractivity contribution in [2.24, 2.45) is 5.92 Å². The van der Waals surface area contributed by atoms with Gasteiger partial charge in [-0.15, -0.1) is 0 Å². The third-order valence-electron chi connectivity index (χ3n) is 3.06. The summed E-state index contributed by atoms with van der Waals surface area (Å²) in [6, 6.07) is 0. The van der Waals surface area contributed by atoms with Gasteiger partial charge in [0.15, 0.2) is 0 Å². The Bertz CT molecular complexity index is 340. The molecule has 1 N–H and O–H groups in total. The van der Waals surface area contributed by atoms with Gasteiger partial charge in [-0.25, -0.2) is 0 Å². The van der Waals surface area contributed by atoms with Crippen molar-refractivity contribution < 1.29 is 14.6 Å². The highest BCUT2D eigenvalue weighted by molar-refractivity contribution is 5.81. The summed E-state index contributed by atoms with van der Waals surface area (Å²) in [6.07, 6.45) is 4.17. The lowest BCUT2D eigenvalue weighted by atomic mass is 9.94. The first kappa shape index (κ1) is 11.2. The van der Waals surface area contributed by atoms with Crippen LogP contribution in [-0.2, 0) is 9.53 Å². The van der Waals surface area contributed by atoms with Crippen LogP contribution in [0.4, 0.5) is 0 Å². The number of morpholine rings is 1. The molecule has 1 fully saturated rings. The normalized spacial score (nSPS) is 26.1. The maximum absolute atomic E-state index is 12.1. The van der Waals surface area contributed by atoms with Gasteiger partial charge in [-0.05, 0) is 25.0 Å². The number of hydrogen-bond donors (Lipinski definition) is 1. The molecule has 0 aromatic carbocycles. The van der Waals surface area contributed by atoms with E-state index in [2.05, 4.69) is 0 Å². The van der Waals surface area contributed by atoms with Gasteiger partial charge >= 0.3 is 0 Å². The van der Waals surface area contributed by atoms with Gasteiger partial charge < -0.3 is 14.7 Å². The molecule has 1 saturated heterocycles. The van der Waals surface area contributed by atoms with E-state index in [1.54, 1.807) is 6.08 Å². The summed E-state index contributed by atoms with van der Waals surface area (Å²) < 4.78 is 5.21. The number of aliphatic hydroxyl groups excluding tert-OH is 1. The molecule has 4 heteroatoms. The summed E-state index contributed by atoms with van der Waals surface area (Å²) in [4.78, 5) is 14.0. The molecule has 0 bridgehead atoms. The van der Waals surface area contributed by atoms with E-state index >= 15 is 0 Å². The molecule has 1 aliphatic carbocycles. The highest BCUT2D eigenvalue weighted by Gasteiger charge is 2.25. The minimum atomic E-state index is -0.117. The van der Waals surface area contributed by atoms with Gasteiger partial charge in [0.2, 0.25) is 5.91 Å². The molecule has 1 atom stereocenters. The molecule has 0 aromatic heterocycles. The molecule has 88 valence electrons. The Morgan fingerprint density at radius 1 is 1.50 bits per heavy atom. The van der Waals surface area contributed by atoms with E-state index in [4.69, 9.17) is 4.74 Å². The zero-order valence-corrected chi connectivity index (χ0v) is 9.48. The van der Waals surface area contributed by atoms with Crippen LogP contribution in [0.3, 0.4) is 0 Å². The van der Waals surface area contributed by atoms with Gasteiger partial charge in [0.25, 0.3) is 0 Å². The summed E-state index contributed by atoms with van der Waals surface area (Å²) in [6.45, 7) is 4.44. The van der Waals surface area contributed by atoms with Crippen LogP contribution in [0.25, 0.3) is 0 Å². The van der Waals surface area contributed by atoms with Crippen molar-refractivity contribution in [3.8, 4) is 0 Å². The van der Waals surface area contributed by atoms with E-state index in [-0.39, 0.29) is 11.8 Å². The summed E-state index contributed by atoms with van der Waals surface area (Å²) in [5, 5.41) is 9.44. The van der Waals surface area contributed by atoms with E-state index in [0.29, 0.717) is 38.5 Å². The summed E-state index contributed by atoms with van der Waals surface area (Å²) in [7, 11) is 0. The molecule has 1 heterocycles. The van der Waals surface area contributed by atoms with Gasteiger partial charge in [-0.1, -0.05) is 6.08 Å². The maximum atomic E-state index is 12.1. The molecular formula is C12H17NO3. The molecule has 1 unspecified atom stereocenters. The Hall–Kier alpha value is -1.29. The quantitative estimate of drug-likeness (QED) is 0.728. The van der Waals surface area contributed by atoms with Crippen LogP contribution in [0.1, 0.15) is 13.3 Å². The summed E-state index contributed by atoms with van der Waals surface area (Å²) in [5.41, 5.74) is 0.790. The van der Waals surface area contributed by atoms with Crippen LogP contribution in [0.15, 0.2) is 23.5 Å². The van der Waals surface area contributed by atoms with Crippen molar-refractivity contribution in [3.63, 3.8) is 0 Å². The number of aliphatic hydroxyl groups is 1. The number of hydrogen-bond acceptors (Lipinski definition) is 3.